The zero-order valence-corrected chi connectivity index (χ0v) is 18.3. The van der Waals surface area contributed by atoms with Gasteiger partial charge < -0.3 is 19.9 Å². The molecule has 0 spiro atoms. The molecule has 2 heterocycles. The Hall–Kier alpha value is -3.02. The first-order valence-electron chi connectivity index (χ1n) is 11.1. The molecule has 1 unspecified atom stereocenters. The van der Waals surface area contributed by atoms with E-state index in [-0.39, 0.29) is 17.7 Å². The number of likely N-dealkylation sites (tertiary alicyclic amines) is 1. The van der Waals surface area contributed by atoms with Crippen LogP contribution in [0, 0.1) is 5.92 Å². The summed E-state index contributed by atoms with van der Waals surface area (Å²) in [5, 5.41) is 2.98. The average molecular weight is 422 g/mol. The van der Waals surface area contributed by atoms with Crippen molar-refractivity contribution >= 4 is 23.2 Å². The number of anilines is 2. The summed E-state index contributed by atoms with van der Waals surface area (Å²) in [7, 11) is 1.68. The summed E-state index contributed by atoms with van der Waals surface area (Å²) in [6.45, 7) is 4.66. The summed E-state index contributed by atoms with van der Waals surface area (Å²) >= 11 is 0. The maximum atomic E-state index is 13.1. The van der Waals surface area contributed by atoms with Crippen LogP contribution in [0.2, 0.25) is 0 Å². The second-order valence-electron chi connectivity index (χ2n) is 8.52. The number of benzene rings is 2. The Kier molecular flexibility index (Phi) is 6.44. The lowest BCUT2D eigenvalue weighted by Crippen LogP contribution is -2.46. The number of methoxy groups -OCH3 is 1. The van der Waals surface area contributed by atoms with Crippen molar-refractivity contribution in [3.05, 3.63) is 54.1 Å². The first kappa shape index (κ1) is 21.2. The molecule has 1 N–H and O–H groups in total. The van der Waals surface area contributed by atoms with E-state index in [0.29, 0.717) is 38.4 Å². The number of para-hydroxylation sites is 2. The molecule has 2 aliphatic heterocycles. The lowest BCUT2D eigenvalue weighted by atomic mass is 9.91. The van der Waals surface area contributed by atoms with Gasteiger partial charge in [-0.2, -0.15) is 0 Å². The first-order valence-corrected chi connectivity index (χ1v) is 11.1. The van der Waals surface area contributed by atoms with Crippen LogP contribution in [0.4, 0.5) is 11.4 Å². The summed E-state index contributed by atoms with van der Waals surface area (Å²) < 4.78 is 5.60. The highest BCUT2D eigenvalue weighted by Gasteiger charge is 2.31. The van der Waals surface area contributed by atoms with Crippen LogP contribution in [-0.4, -0.2) is 50.0 Å². The van der Waals surface area contributed by atoms with Crippen LogP contribution in [0.25, 0.3) is 0 Å². The minimum absolute atomic E-state index is 0.0435. The summed E-state index contributed by atoms with van der Waals surface area (Å²) in [5.41, 5.74) is 3.11. The predicted molar refractivity (Wildman–Crippen MR) is 123 cm³/mol. The molecule has 0 bridgehead atoms. The first-order chi connectivity index (χ1) is 15.1. The molecule has 1 fully saturated rings. The number of nitrogens with zero attached hydrogens (tertiary/aromatic N) is 2. The number of carbonyl (C=O) groups is 2. The third kappa shape index (κ3) is 4.68. The lowest BCUT2D eigenvalue weighted by Gasteiger charge is -2.37. The van der Waals surface area contributed by atoms with E-state index in [1.54, 1.807) is 7.11 Å². The topological polar surface area (TPSA) is 61.9 Å². The third-order valence-corrected chi connectivity index (χ3v) is 6.52. The van der Waals surface area contributed by atoms with E-state index in [1.807, 2.05) is 47.4 Å². The van der Waals surface area contributed by atoms with Gasteiger partial charge in [-0.05, 0) is 48.9 Å². The molecular weight excluding hydrogens is 390 g/mol. The maximum Gasteiger partial charge on any atom is 0.242 e. The van der Waals surface area contributed by atoms with Gasteiger partial charge in [0.1, 0.15) is 5.75 Å². The largest absolute Gasteiger partial charge is 0.495 e. The highest BCUT2D eigenvalue weighted by molar-refractivity contribution is 5.92. The molecule has 164 valence electrons. The average Bonchev–Trinajstić information content (AvgIpc) is 2.81. The van der Waals surface area contributed by atoms with Crippen LogP contribution in [0.5, 0.6) is 5.75 Å². The standard InChI is InChI=1S/C25H31N3O3/c1-18-11-14-28(24-21(18)9-6-10-22(24)31-2)17-23(29)27-15-12-19(13-16-27)25(30)26-20-7-4-3-5-8-20/h3-10,18-19H,11-17H2,1-2H3,(H,26,30). The van der Waals surface area contributed by atoms with E-state index < -0.39 is 0 Å². The van der Waals surface area contributed by atoms with Crippen molar-refractivity contribution in [2.75, 3.05) is 43.5 Å². The third-order valence-electron chi connectivity index (χ3n) is 6.52. The molecular formula is C25H31N3O3. The second kappa shape index (κ2) is 9.41. The number of ether oxygens (including phenoxy) is 1. The van der Waals surface area contributed by atoms with E-state index >= 15 is 0 Å². The molecule has 1 atom stereocenters. The Labute approximate surface area is 184 Å². The minimum atomic E-state index is -0.0547. The quantitative estimate of drug-likeness (QED) is 0.796. The van der Waals surface area contributed by atoms with Crippen LogP contribution >= 0.6 is 0 Å². The zero-order chi connectivity index (χ0) is 21.8. The lowest BCUT2D eigenvalue weighted by molar-refractivity contribution is -0.133. The van der Waals surface area contributed by atoms with E-state index in [1.165, 1.54) is 5.56 Å². The van der Waals surface area contributed by atoms with E-state index in [4.69, 9.17) is 4.74 Å². The van der Waals surface area contributed by atoms with Crippen molar-refractivity contribution in [3.8, 4) is 5.75 Å². The summed E-state index contributed by atoms with van der Waals surface area (Å²) in [5.74, 6) is 1.39. The zero-order valence-electron chi connectivity index (χ0n) is 18.3. The van der Waals surface area contributed by atoms with E-state index in [9.17, 15) is 9.59 Å². The number of amides is 2. The van der Waals surface area contributed by atoms with E-state index in [2.05, 4.69) is 23.2 Å². The molecule has 0 saturated carbocycles. The van der Waals surface area contributed by atoms with Crippen LogP contribution in [0.1, 0.15) is 37.7 Å². The van der Waals surface area contributed by atoms with Gasteiger partial charge in [0.25, 0.3) is 0 Å². The number of piperidine rings is 1. The SMILES string of the molecule is COc1cccc2c1N(CC(=O)N1CCC(C(=O)Nc3ccccc3)CC1)CCC2C. The number of fused-ring (bicyclic) bond motifs is 1. The van der Waals surface area contributed by atoms with Crippen LogP contribution in [-0.2, 0) is 9.59 Å². The molecule has 2 amide bonds. The van der Waals surface area contributed by atoms with Gasteiger partial charge in [0.2, 0.25) is 11.8 Å². The molecule has 1 saturated heterocycles. The minimum Gasteiger partial charge on any atom is -0.495 e. The number of rotatable bonds is 5. The normalized spacial score (nSPS) is 19.0. The Balaban J connectivity index is 1.35. The van der Waals surface area contributed by atoms with Gasteiger partial charge in [-0.1, -0.05) is 37.3 Å². The number of hydrogen-bond acceptors (Lipinski definition) is 4. The molecule has 6 nitrogen and oxygen atoms in total. The van der Waals surface area contributed by atoms with Gasteiger partial charge in [0.05, 0.1) is 19.3 Å². The molecule has 2 aliphatic rings. The van der Waals surface area contributed by atoms with Gasteiger partial charge in [-0.25, -0.2) is 0 Å². The molecule has 31 heavy (non-hydrogen) atoms. The molecule has 4 rings (SSSR count). The molecule has 6 heteroatoms. The Morgan fingerprint density at radius 3 is 2.45 bits per heavy atom. The van der Waals surface area contributed by atoms with Crippen molar-refractivity contribution in [2.24, 2.45) is 5.92 Å². The van der Waals surface area contributed by atoms with Crippen LogP contribution in [0.3, 0.4) is 0 Å². The van der Waals surface area contributed by atoms with Gasteiger partial charge >= 0.3 is 0 Å². The van der Waals surface area contributed by atoms with Crippen LogP contribution < -0.4 is 15.0 Å². The molecule has 0 aromatic heterocycles. The summed E-state index contributed by atoms with van der Waals surface area (Å²) in [6.07, 6.45) is 2.41. The number of hydrogen-bond donors (Lipinski definition) is 1. The van der Waals surface area contributed by atoms with Crippen molar-refractivity contribution < 1.29 is 14.3 Å². The highest BCUT2D eigenvalue weighted by Crippen LogP contribution is 2.41. The van der Waals surface area contributed by atoms with Crippen molar-refractivity contribution in [3.63, 3.8) is 0 Å². The molecule has 0 aliphatic carbocycles. The van der Waals surface area contributed by atoms with Crippen molar-refractivity contribution in [2.45, 2.75) is 32.1 Å². The highest BCUT2D eigenvalue weighted by atomic mass is 16.5. The van der Waals surface area contributed by atoms with Gasteiger partial charge in [0.15, 0.2) is 0 Å². The fourth-order valence-electron chi connectivity index (χ4n) is 4.64. The summed E-state index contributed by atoms with van der Waals surface area (Å²) in [6, 6.07) is 15.6. The van der Waals surface area contributed by atoms with Gasteiger partial charge in [-0.15, -0.1) is 0 Å². The molecule has 2 aromatic carbocycles. The predicted octanol–water partition coefficient (Wildman–Crippen LogP) is 3.89. The Bertz CT molecular complexity index is 923. The fraction of sp³-hybridized carbons (Fsp3) is 0.440. The monoisotopic (exact) mass is 421 g/mol. The fourth-order valence-corrected chi connectivity index (χ4v) is 4.64. The Morgan fingerprint density at radius 1 is 1.00 bits per heavy atom. The van der Waals surface area contributed by atoms with Gasteiger partial charge in [0, 0.05) is 31.2 Å². The van der Waals surface area contributed by atoms with Crippen molar-refractivity contribution in [1.29, 1.82) is 0 Å². The maximum absolute atomic E-state index is 13.1. The van der Waals surface area contributed by atoms with Gasteiger partial charge in [-0.3, -0.25) is 9.59 Å². The number of carbonyl (C=O) groups excluding carboxylic acids is 2. The number of nitrogens with one attached hydrogen (secondary N) is 1. The second-order valence-corrected chi connectivity index (χ2v) is 8.52. The molecule has 2 aromatic rings. The Morgan fingerprint density at radius 2 is 1.74 bits per heavy atom. The van der Waals surface area contributed by atoms with Crippen molar-refractivity contribution in [1.82, 2.24) is 4.90 Å². The van der Waals surface area contributed by atoms with Crippen LogP contribution in [0.15, 0.2) is 48.5 Å². The smallest absolute Gasteiger partial charge is 0.242 e. The van der Waals surface area contributed by atoms with E-state index in [0.717, 1.165) is 30.1 Å². The summed E-state index contributed by atoms with van der Waals surface area (Å²) in [4.78, 5) is 29.7. The molecule has 0 radical (unpaired) electrons.